The molecule has 0 N–H and O–H groups in total. The summed E-state index contributed by atoms with van der Waals surface area (Å²) >= 11 is 0. The van der Waals surface area contributed by atoms with Gasteiger partial charge in [-0.05, 0) is 108 Å². The molecule has 3 heterocycles. The lowest BCUT2D eigenvalue weighted by Gasteiger charge is -2.19. The average Bonchev–Trinajstić information content (AvgIpc) is 3.57. The van der Waals surface area contributed by atoms with Crippen LogP contribution in [0.5, 0.6) is 0 Å². The number of para-hydroxylation sites is 1. The fourth-order valence-corrected chi connectivity index (χ4v) is 8.42. The van der Waals surface area contributed by atoms with E-state index in [4.69, 9.17) is 4.98 Å². The molecular weight excluding hydrogens is 643 g/mol. The first-order valence-corrected chi connectivity index (χ1v) is 18.1. The van der Waals surface area contributed by atoms with Crippen LogP contribution in [-0.2, 0) is 0 Å². The van der Waals surface area contributed by atoms with Crippen LogP contribution in [0.1, 0.15) is 0 Å². The van der Waals surface area contributed by atoms with Crippen LogP contribution < -0.4 is 0 Å². The lowest BCUT2D eigenvalue weighted by atomic mass is 9.84. The molecule has 53 heavy (non-hydrogen) atoms. The molecule has 0 aliphatic carbocycles. The van der Waals surface area contributed by atoms with Gasteiger partial charge in [-0.2, -0.15) is 0 Å². The molecule has 11 aromatic rings. The fourth-order valence-electron chi connectivity index (χ4n) is 8.42. The number of nitrogens with zero attached hydrogens (tertiary/aromatic N) is 3. The molecule has 0 aliphatic rings. The maximum Gasteiger partial charge on any atom is 0.138 e. The van der Waals surface area contributed by atoms with Gasteiger partial charge in [-0.3, -0.25) is 9.55 Å². The van der Waals surface area contributed by atoms with Gasteiger partial charge < -0.3 is 0 Å². The third-order valence-electron chi connectivity index (χ3n) is 10.8. The summed E-state index contributed by atoms with van der Waals surface area (Å²) in [6.45, 7) is 0. The number of fused-ring (bicyclic) bond motifs is 7. The molecular formula is C50H31N3. The highest BCUT2D eigenvalue weighted by atomic mass is 15.1. The Labute approximate surface area is 306 Å². The Morgan fingerprint density at radius 2 is 0.925 bits per heavy atom. The minimum atomic E-state index is 0.880. The number of aromatic nitrogens is 3. The summed E-state index contributed by atoms with van der Waals surface area (Å²) in [5, 5.41) is 12.1. The van der Waals surface area contributed by atoms with E-state index in [1.807, 2.05) is 12.4 Å². The van der Waals surface area contributed by atoms with Crippen molar-refractivity contribution in [2.45, 2.75) is 0 Å². The highest BCUT2D eigenvalue weighted by Gasteiger charge is 2.19. The van der Waals surface area contributed by atoms with E-state index in [0.717, 1.165) is 33.5 Å². The van der Waals surface area contributed by atoms with Gasteiger partial charge in [0.1, 0.15) is 5.82 Å². The molecule has 0 fully saturated rings. The summed E-state index contributed by atoms with van der Waals surface area (Å²) < 4.78 is 2.25. The molecule has 0 aliphatic heterocycles. The second-order valence-corrected chi connectivity index (χ2v) is 13.8. The van der Waals surface area contributed by atoms with Gasteiger partial charge in [-0.25, -0.2) is 4.98 Å². The highest BCUT2D eigenvalue weighted by Crippen LogP contribution is 2.45. The number of hydrogen-bond acceptors (Lipinski definition) is 2. The molecule has 0 saturated carbocycles. The first-order valence-electron chi connectivity index (χ1n) is 18.1. The summed E-state index contributed by atoms with van der Waals surface area (Å²) in [6, 6.07) is 63.7. The lowest BCUT2D eigenvalue weighted by molar-refractivity contribution is 1.08. The van der Waals surface area contributed by atoms with Crippen LogP contribution in [0.25, 0.3) is 104 Å². The quantitative estimate of drug-likeness (QED) is 0.174. The van der Waals surface area contributed by atoms with Crippen molar-refractivity contribution in [3.8, 4) is 39.3 Å². The first-order chi connectivity index (χ1) is 26.3. The van der Waals surface area contributed by atoms with Gasteiger partial charge >= 0.3 is 0 Å². The van der Waals surface area contributed by atoms with Crippen LogP contribution in [0.2, 0.25) is 0 Å². The van der Waals surface area contributed by atoms with E-state index in [2.05, 4.69) is 185 Å². The third kappa shape index (κ3) is 4.68. The number of rotatable bonds is 4. The summed E-state index contributed by atoms with van der Waals surface area (Å²) in [5.74, 6) is 0.880. The summed E-state index contributed by atoms with van der Waals surface area (Å²) in [5.41, 5.74) is 9.10. The minimum absolute atomic E-state index is 0.880. The van der Waals surface area contributed by atoms with Gasteiger partial charge in [0.2, 0.25) is 0 Å². The predicted octanol–water partition coefficient (Wildman–Crippen LogP) is 13.2. The van der Waals surface area contributed by atoms with Crippen LogP contribution in [0.4, 0.5) is 0 Å². The molecule has 0 saturated heterocycles. The van der Waals surface area contributed by atoms with Crippen molar-refractivity contribution in [3.63, 3.8) is 0 Å². The monoisotopic (exact) mass is 673 g/mol. The third-order valence-corrected chi connectivity index (χ3v) is 10.8. The van der Waals surface area contributed by atoms with Crippen molar-refractivity contribution < 1.29 is 0 Å². The molecule has 8 aromatic carbocycles. The molecule has 0 unspecified atom stereocenters. The van der Waals surface area contributed by atoms with Gasteiger partial charge in [-0.15, -0.1) is 0 Å². The van der Waals surface area contributed by atoms with Crippen LogP contribution in [0, 0.1) is 0 Å². The molecule has 3 nitrogen and oxygen atoms in total. The normalized spacial score (nSPS) is 11.8. The number of hydrogen-bond donors (Lipinski definition) is 0. The number of pyridine rings is 2. The Balaban J connectivity index is 1.19. The van der Waals surface area contributed by atoms with E-state index >= 15 is 0 Å². The van der Waals surface area contributed by atoms with E-state index in [-0.39, 0.29) is 0 Å². The Morgan fingerprint density at radius 1 is 0.358 bits per heavy atom. The highest BCUT2D eigenvalue weighted by molar-refractivity contribution is 6.22. The van der Waals surface area contributed by atoms with Crippen LogP contribution in [0.3, 0.4) is 0 Å². The van der Waals surface area contributed by atoms with E-state index in [1.165, 1.54) is 70.7 Å². The molecule has 0 atom stereocenters. The Kier molecular flexibility index (Phi) is 6.55. The first kappa shape index (κ1) is 29.6. The standard InChI is InChI=1S/C50H31N3/c1-3-12-34-28-37(22-20-32(34)10-1)49-40-15-5-6-16-41(40)50(38-23-21-33-11-2-4-13-35(33)29-38)43-30-36(24-25-42(43)49)45-17-9-19-48(52-45)53-46-18-8-7-14-39(46)44-31-51-27-26-47(44)53/h1-31H. The Hall–Kier alpha value is -7.10. The van der Waals surface area contributed by atoms with Crippen LogP contribution in [-0.4, -0.2) is 14.5 Å². The van der Waals surface area contributed by atoms with Crippen molar-refractivity contribution in [2.24, 2.45) is 0 Å². The zero-order valence-corrected chi connectivity index (χ0v) is 28.7. The van der Waals surface area contributed by atoms with E-state index in [1.54, 1.807) is 0 Å². The molecule has 0 spiro atoms. The number of benzene rings is 8. The van der Waals surface area contributed by atoms with Crippen molar-refractivity contribution in [1.29, 1.82) is 0 Å². The molecule has 0 bridgehead atoms. The molecule has 11 rings (SSSR count). The summed E-state index contributed by atoms with van der Waals surface area (Å²) in [7, 11) is 0. The van der Waals surface area contributed by atoms with Crippen molar-refractivity contribution in [3.05, 3.63) is 188 Å². The molecule has 0 amide bonds. The van der Waals surface area contributed by atoms with E-state index < -0.39 is 0 Å². The van der Waals surface area contributed by atoms with Gasteiger partial charge in [0, 0.05) is 28.7 Å². The minimum Gasteiger partial charge on any atom is -0.294 e. The fraction of sp³-hybridized carbons (Fsp3) is 0. The van der Waals surface area contributed by atoms with E-state index in [9.17, 15) is 0 Å². The lowest BCUT2D eigenvalue weighted by Crippen LogP contribution is -1.98. The van der Waals surface area contributed by atoms with Crippen molar-refractivity contribution >= 4 is 64.9 Å². The topological polar surface area (TPSA) is 30.7 Å². The molecule has 3 aromatic heterocycles. The van der Waals surface area contributed by atoms with E-state index in [0.29, 0.717) is 0 Å². The van der Waals surface area contributed by atoms with Crippen molar-refractivity contribution in [2.75, 3.05) is 0 Å². The van der Waals surface area contributed by atoms with Gasteiger partial charge in [0.25, 0.3) is 0 Å². The zero-order chi connectivity index (χ0) is 34.9. The molecule has 246 valence electrons. The Bertz CT molecular complexity index is 3190. The maximum absolute atomic E-state index is 5.36. The zero-order valence-electron chi connectivity index (χ0n) is 28.7. The second-order valence-electron chi connectivity index (χ2n) is 13.8. The largest absolute Gasteiger partial charge is 0.294 e. The van der Waals surface area contributed by atoms with Crippen molar-refractivity contribution in [1.82, 2.24) is 14.5 Å². The summed E-state index contributed by atoms with van der Waals surface area (Å²) in [4.78, 5) is 9.80. The predicted molar refractivity (Wildman–Crippen MR) is 223 cm³/mol. The molecule has 3 heteroatoms. The second kappa shape index (κ2) is 11.7. The van der Waals surface area contributed by atoms with Gasteiger partial charge in [0.05, 0.1) is 16.7 Å². The average molecular weight is 674 g/mol. The van der Waals surface area contributed by atoms with Gasteiger partial charge in [-0.1, -0.05) is 133 Å². The van der Waals surface area contributed by atoms with Crippen LogP contribution >= 0.6 is 0 Å². The van der Waals surface area contributed by atoms with Gasteiger partial charge in [0.15, 0.2) is 0 Å². The SMILES string of the molecule is c1cc(-c2ccc3c(-c4ccc5ccccc5c4)c4ccccc4c(-c4ccc5ccccc5c4)c3c2)nc(-n2c3ccccc3c3cnccc32)c1. The molecule has 0 radical (unpaired) electrons. The maximum atomic E-state index is 5.36. The van der Waals surface area contributed by atoms with Crippen LogP contribution in [0.15, 0.2) is 188 Å². The summed E-state index contributed by atoms with van der Waals surface area (Å²) in [6.07, 6.45) is 3.81. The smallest absolute Gasteiger partial charge is 0.138 e. The Morgan fingerprint density at radius 3 is 1.64 bits per heavy atom.